The van der Waals surface area contributed by atoms with Gasteiger partial charge >= 0.3 is 0 Å². The molecule has 1 aliphatic heterocycles. The normalized spacial score (nSPS) is 16.2. The van der Waals surface area contributed by atoms with E-state index in [2.05, 4.69) is 4.90 Å². The number of carbonyl (C=O) groups excluding carboxylic acids is 1. The molecule has 1 aliphatic rings. The summed E-state index contributed by atoms with van der Waals surface area (Å²) in [6.45, 7) is 8.03. The second-order valence-corrected chi connectivity index (χ2v) is 8.80. The number of rotatable bonds is 5. The number of fused-ring (bicyclic) bond motifs is 1. The summed E-state index contributed by atoms with van der Waals surface area (Å²) in [7, 11) is 0. The van der Waals surface area contributed by atoms with E-state index in [1.165, 1.54) is 0 Å². The quantitative estimate of drug-likeness (QED) is 0.639. The molecule has 0 aliphatic carbocycles. The molecule has 1 unspecified atom stereocenters. The molecule has 7 heteroatoms. The highest BCUT2D eigenvalue weighted by Gasteiger charge is 2.29. The molecule has 4 rings (SSSR count). The second kappa shape index (κ2) is 8.74. The minimum absolute atomic E-state index is 0.0189. The number of aromatic nitrogens is 2. The fourth-order valence-corrected chi connectivity index (χ4v) is 3.98. The van der Waals surface area contributed by atoms with E-state index in [1.807, 2.05) is 49.1 Å². The second-order valence-electron chi connectivity index (χ2n) is 8.80. The molecule has 32 heavy (non-hydrogen) atoms. The van der Waals surface area contributed by atoms with Crippen molar-refractivity contribution < 1.29 is 15.0 Å². The van der Waals surface area contributed by atoms with Gasteiger partial charge in [-0.3, -0.25) is 4.79 Å². The molecule has 3 aromatic rings. The van der Waals surface area contributed by atoms with Crippen molar-refractivity contribution in [3.8, 4) is 17.1 Å². The van der Waals surface area contributed by atoms with E-state index in [4.69, 9.17) is 9.97 Å². The van der Waals surface area contributed by atoms with Gasteiger partial charge in [0.15, 0.2) is 5.82 Å². The van der Waals surface area contributed by atoms with Gasteiger partial charge in [-0.25, -0.2) is 9.97 Å². The number of anilines is 1. The standard InChI is InChI=1S/C25H30N4O3/c1-4-25(3,32)16-22(31)28-11-13-29(14-12-28)24-18-10-9-17(2)15-20(18)26-23(27-24)19-7-5-6-8-21(19)30/h5-10,15,30,32H,4,11-14,16H2,1-3H3. The van der Waals surface area contributed by atoms with Gasteiger partial charge in [0.1, 0.15) is 11.6 Å². The van der Waals surface area contributed by atoms with Crippen LogP contribution in [0.3, 0.4) is 0 Å². The Kier molecular flexibility index (Phi) is 6.02. The monoisotopic (exact) mass is 434 g/mol. The minimum Gasteiger partial charge on any atom is -0.507 e. The molecule has 0 bridgehead atoms. The highest BCUT2D eigenvalue weighted by atomic mass is 16.3. The lowest BCUT2D eigenvalue weighted by Crippen LogP contribution is -2.50. The van der Waals surface area contributed by atoms with Crippen LogP contribution in [0.25, 0.3) is 22.3 Å². The first kappa shape index (κ1) is 22.0. The van der Waals surface area contributed by atoms with Crippen molar-refractivity contribution in [1.29, 1.82) is 0 Å². The van der Waals surface area contributed by atoms with E-state index >= 15 is 0 Å². The Morgan fingerprint density at radius 2 is 1.81 bits per heavy atom. The predicted molar refractivity (Wildman–Crippen MR) is 126 cm³/mol. The third kappa shape index (κ3) is 4.53. The van der Waals surface area contributed by atoms with Crippen molar-refractivity contribution in [1.82, 2.24) is 14.9 Å². The largest absolute Gasteiger partial charge is 0.507 e. The van der Waals surface area contributed by atoms with Crippen molar-refractivity contribution in [2.24, 2.45) is 0 Å². The van der Waals surface area contributed by atoms with Crippen molar-refractivity contribution in [2.75, 3.05) is 31.1 Å². The molecule has 0 radical (unpaired) electrons. The fraction of sp³-hybridized carbons (Fsp3) is 0.400. The summed E-state index contributed by atoms with van der Waals surface area (Å²) in [4.78, 5) is 26.2. The number of aromatic hydroxyl groups is 1. The van der Waals surface area contributed by atoms with E-state index in [0.29, 0.717) is 44.0 Å². The summed E-state index contributed by atoms with van der Waals surface area (Å²) < 4.78 is 0. The van der Waals surface area contributed by atoms with Gasteiger partial charge in [0.05, 0.1) is 23.1 Å². The first-order valence-electron chi connectivity index (χ1n) is 11.1. The third-order valence-corrected chi connectivity index (χ3v) is 6.20. The van der Waals surface area contributed by atoms with Gasteiger partial charge in [-0.15, -0.1) is 0 Å². The van der Waals surface area contributed by atoms with Gasteiger partial charge in [0.25, 0.3) is 0 Å². The molecule has 1 atom stereocenters. The van der Waals surface area contributed by atoms with E-state index in [-0.39, 0.29) is 18.1 Å². The molecule has 1 aromatic heterocycles. The van der Waals surface area contributed by atoms with Crippen LogP contribution in [0.15, 0.2) is 42.5 Å². The number of carbonyl (C=O) groups is 1. The number of benzene rings is 2. The number of piperazine rings is 1. The average molecular weight is 435 g/mol. The van der Waals surface area contributed by atoms with Gasteiger partial charge in [-0.05, 0) is 50.1 Å². The summed E-state index contributed by atoms with van der Waals surface area (Å²) >= 11 is 0. The zero-order valence-electron chi connectivity index (χ0n) is 18.9. The molecule has 1 amide bonds. The number of aryl methyl sites for hydroxylation is 1. The van der Waals surface area contributed by atoms with Crippen LogP contribution >= 0.6 is 0 Å². The summed E-state index contributed by atoms with van der Waals surface area (Å²) in [6.07, 6.45) is 0.677. The lowest BCUT2D eigenvalue weighted by Gasteiger charge is -2.37. The van der Waals surface area contributed by atoms with Crippen LogP contribution in [-0.4, -0.2) is 62.8 Å². The molecule has 2 aromatic carbocycles. The zero-order chi connectivity index (χ0) is 22.9. The fourth-order valence-electron chi connectivity index (χ4n) is 3.98. The molecule has 2 N–H and O–H groups in total. The van der Waals surface area contributed by atoms with Crippen LogP contribution in [-0.2, 0) is 4.79 Å². The molecule has 0 spiro atoms. The van der Waals surface area contributed by atoms with Gasteiger partial charge in [0.2, 0.25) is 5.91 Å². The van der Waals surface area contributed by atoms with Crippen LogP contribution in [0.2, 0.25) is 0 Å². The Balaban J connectivity index is 1.63. The Morgan fingerprint density at radius 1 is 1.09 bits per heavy atom. The summed E-state index contributed by atoms with van der Waals surface area (Å²) in [5, 5.41) is 21.6. The van der Waals surface area contributed by atoms with E-state index in [0.717, 1.165) is 22.3 Å². The minimum atomic E-state index is -0.971. The maximum Gasteiger partial charge on any atom is 0.225 e. The van der Waals surface area contributed by atoms with Crippen molar-refractivity contribution in [2.45, 2.75) is 39.2 Å². The van der Waals surface area contributed by atoms with Crippen LogP contribution < -0.4 is 4.90 Å². The SMILES string of the molecule is CCC(C)(O)CC(=O)N1CCN(c2nc(-c3ccccc3O)nc3cc(C)ccc23)CC1. The molecule has 0 saturated carbocycles. The third-order valence-electron chi connectivity index (χ3n) is 6.20. The predicted octanol–water partition coefficient (Wildman–Crippen LogP) is 3.51. The number of para-hydroxylation sites is 1. The number of aliphatic hydroxyl groups is 1. The number of phenolic OH excluding ortho intramolecular Hbond substituents is 1. The Morgan fingerprint density at radius 3 is 2.50 bits per heavy atom. The molecule has 2 heterocycles. The average Bonchev–Trinajstić information content (AvgIpc) is 2.78. The maximum atomic E-state index is 12.6. The topological polar surface area (TPSA) is 89.8 Å². The number of amides is 1. The van der Waals surface area contributed by atoms with Gasteiger partial charge in [-0.2, -0.15) is 0 Å². The number of phenols is 1. The van der Waals surface area contributed by atoms with E-state index in [1.54, 1.807) is 19.1 Å². The molecule has 1 fully saturated rings. The molecule has 7 nitrogen and oxygen atoms in total. The van der Waals surface area contributed by atoms with Crippen molar-refractivity contribution >= 4 is 22.6 Å². The number of hydrogen-bond acceptors (Lipinski definition) is 6. The Hall–Kier alpha value is -3.19. The molecular formula is C25H30N4O3. The Labute approximate surface area is 188 Å². The van der Waals surface area contributed by atoms with Crippen molar-refractivity contribution in [3.63, 3.8) is 0 Å². The lowest BCUT2D eigenvalue weighted by molar-refractivity contribution is -0.136. The zero-order valence-corrected chi connectivity index (χ0v) is 18.9. The summed E-state index contributed by atoms with van der Waals surface area (Å²) in [5.74, 6) is 1.41. The van der Waals surface area contributed by atoms with E-state index in [9.17, 15) is 15.0 Å². The summed E-state index contributed by atoms with van der Waals surface area (Å²) in [5.41, 5.74) is 1.55. The first-order valence-corrected chi connectivity index (χ1v) is 11.1. The number of nitrogens with zero attached hydrogens (tertiary/aromatic N) is 4. The van der Waals surface area contributed by atoms with Crippen LogP contribution in [0, 0.1) is 6.92 Å². The maximum absolute atomic E-state index is 12.6. The molecule has 168 valence electrons. The van der Waals surface area contributed by atoms with Gasteiger partial charge < -0.3 is 20.0 Å². The lowest BCUT2D eigenvalue weighted by atomic mass is 9.98. The molecule has 1 saturated heterocycles. The highest BCUT2D eigenvalue weighted by Crippen LogP contribution is 2.32. The molecular weight excluding hydrogens is 404 g/mol. The first-order chi connectivity index (χ1) is 15.3. The van der Waals surface area contributed by atoms with Crippen LogP contribution in [0.4, 0.5) is 5.82 Å². The van der Waals surface area contributed by atoms with Gasteiger partial charge in [0, 0.05) is 31.6 Å². The van der Waals surface area contributed by atoms with E-state index < -0.39 is 5.60 Å². The smallest absolute Gasteiger partial charge is 0.225 e. The Bertz CT molecular complexity index is 1140. The van der Waals surface area contributed by atoms with Crippen molar-refractivity contribution in [3.05, 3.63) is 48.0 Å². The van der Waals surface area contributed by atoms with Crippen LogP contribution in [0.5, 0.6) is 5.75 Å². The summed E-state index contributed by atoms with van der Waals surface area (Å²) in [6, 6.07) is 13.2. The number of hydrogen-bond donors (Lipinski definition) is 2. The van der Waals surface area contributed by atoms with Crippen LogP contribution in [0.1, 0.15) is 32.3 Å². The van der Waals surface area contributed by atoms with Gasteiger partial charge in [-0.1, -0.05) is 25.1 Å². The highest BCUT2D eigenvalue weighted by molar-refractivity contribution is 5.92.